The Morgan fingerprint density at radius 3 is 2.69 bits per heavy atom. The number of rotatable bonds is 8. The highest BCUT2D eigenvalue weighted by Crippen LogP contribution is 2.17. The SMILES string of the molecule is CCC(N)(CC)COCCCC1CCCO1. The van der Waals surface area contributed by atoms with E-state index < -0.39 is 0 Å². The van der Waals surface area contributed by atoms with Gasteiger partial charge >= 0.3 is 0 Å². The second kappa shape index (κ2) is 7.25. The summed E-state index contributed by atoms with van der Waals surface area (Å²) in [5.41, 5.74) is 6.03. The summed E-state index contributed by atoms with van der Waals surface area (Å²) in [6.07, 6.45) is 7.13. The van der Waals surface area contributed by atoms with Crippen molar-refractivity contribution in [2.75, 3.05) is 19.8 Å². The first-order valence-electron chi connectivity index (χ1n) is 6.68. The van der Waals surface area contributed by atoms with E-state index in [2.05, 4.69) is 13.8 Å². The van der Waals surface area contributed by atoms with Gasteiger partial charge in [0.05, 0.1) is 12.7 Å². The Kier molecular flexibility index (Phi) is 6.32. The molecule has 0 bridgehead atoms. The van der Waals surface area contributed by atoms with Gasteiger partial charge < -0.3 is 15.2 Å². The van der Waals surface area contributed by atoms with E-state index >= 15 is 0 Å². The van der Waals surface area contributed by atoms with E-state index in [1.54, 1.807) is 0 Å². The van der Waals surface area contributed by atoms with Crippen molar-refractivity contribution in [3.05, 3.63) is 0 Å². The molecule has 2 N–H and O–H groups in total. The van der Waals surface area contributed by atoms with Crippen molar-refractivity contribution >= 4 is 0 Å². The average Bonchev–Trinajstić information content (AvgIpc) is 2.81. The Bertz CT molecular complexity index is 175. The third-order valence-corrected chi connectivity index (χ3v) is 3.64. The smallest absolute Gasteiger partial charge is 0.0645 e. The molecule has 0 amide bonds. The second-order valence-corrected chi connectivity index (χ2v) is 4.90. The summed E-state index contributed by atoms with van der Waals surface area (Å²) in [6, 6.07) is 0. The van der Waals surface area contributed by atoms with Crippen molar-refractivity contribution in [3.63, 3.8) is 0 Å². The van der Waals surface area contributed by atoms with Crippen molar-refractivity contribution in [1.29, 1.82) is 0 Å². The normalized spacial score (nSPS) is 21.6. The van der Waals surface area contributed by atoms with E-state index in [1.807, 2.05) is 0 Å². The maximum atomic E-state index is 6.15. The Balaban J connectivity index is 1.98. The van der Waals surface area contributed by atoms with Gasteiger partial charge in [-0.15, -0.1) is 0 Å². The molecule has 0 saturated carbocycles. The summed E-state index contributed by atoms with van der Waals surface area (Å²) in [6.45, 7) is 6.70. The van der Waals surface area contributed by atoms with Crippen molar-refractivity contribution in [2.24, 2.45) is 5.73 Å². The number of hydrogen-bond donors (Lipinski definition) is 1. The molecule has 1 unspecified atom stereocenters. The molecule has 1 aliphatic rings. The molecule has 16 heavy (non-hydrogen) atoms. The molecule has 1 atom stereocenters. The predicted molar refractivity (Wildman–Crippen MR) is 66.5 cm³/mol. The van der Waals surface area contributed by atoms with Gasteiger partial charge in [-0.05, 0) is 38.5 Å². The van der Waals surface area contributed by atoms with Gasteiger partial charge in [-0.1, -0.05) is 13.8 Å². The fourth-order valence-corrected chi connectivity index (χ4v) is 2.01. The van der Waals surface area contributed by atoms with Gasteiger partial charge in [0.15, 0.2) is 0 Å². The van der Waals surface area contributed by atoms with Crippen LogP contribution in [0.2, 0.25) is 0 Å². The molecule has 0 radical (unpaired) electrons. The highest BCUT2D eigenvalue weighted by atomic mass is 16.5. The lowest BCUT2D eigenvalue weighted by atomic mass is 9.96. The lowest BCUT2D eigenvalue weighted by Crippen LogP contribution is -2.43. The maximum absolute atomic E-state index is 6.15. The standard InChI is InChI=1S/C13H27NO2/c1-3-13(14,4-2)11-15-9-5-7-12-8-6-10-16-12/h12H,3-11,14H2,1-2H3. The highest BCUT2D eigenvalue weighted by Gasteiger charge is 2.20. The molecule has 3 heteroatoms. The second-order valence-electron chi connectivity index (χ2n) is 4.90. The van der Waals surface area contributed by atoms with Crippen LogP contribution in [-0.2, 0) is 9.47 Å². The van der Waals surface area contributed by atoms with E-state index in [-0.39, 0.29) is 5.54 Å². The van der Waals surface area contributed by atoms with E-state index in [0.29, 0.717) is 12.7 Å². The summed E-state index contributed by atoms with van der Waals surface area (Å²) < 4.78 is 11.2. The molecule has 0 aromatic rings. The van der Waals surface area contributed by atoms with Gasteiger partial charge in [0.25, 0.3) is 0 Å². The van der Waals surface area contributed by atoms with Crippen molar-refractivity contribution in [2.45, 2.75) is 64.0 Å². The van der Waals surface area contributed by atoms with Gasteiger partial charge in [0.1, 0.15) is 0 Å². The quantitative estimate of drug-likeness (QED) is 0.650. The summed E-state index contributed by atoms with van der Waals surface area (Å²) in [5, 5.41) is 0. The molecular weight excluding hydrogens is 202 g/mol. The average molecular weight is 229 g/mol. The van der Waals surface area contributed by atoms with Gasteiger partial charge in [-0.25, -0.2) is 0 Å². The summed E-state index contributed by atoms with van der Waals surface area (Å²) in [5.74, 6) is 0. The van der Waals surface area contributed by atoms with Crippen molar-refractivity contribution in [3.8, 4) is 0 Å². The zero-order chi connectivity index (χ0) is 11.9. The van der Waals surface area contributed by atoms with Crippen LogP contribution in [0.1, 0.15) is 52.4 Å². The van der Waals surface area contributed by atoms with Crippen LogP contribution in [0, 0.1) is 0 Å². The molecule has 1 aliphatic heterocycles. The molecule has 96 valence electrons. The first-order valence-corrected chi connectivity index (χ1v) is 6.68. The van der Waals surface area contributed by atoms with Gasteiger partial charge in [0.2, 0.25) is 0 Å². The highest BCUT2D eigenvalue weighted by molar-refractivity contribution is 4.80. The molecule has 1 saturated heterocycles. The van der Waals surface area contributed by atoms with Crippen molar-refractivity contribution < 1.29 is 9.47 Å². The van der Waals surface area contributed by atoms with Crippen molar-refractivity contribution in [1.82, 2.24) is 0 Å². The molecule has 3 nitrogen and oxygen atoms in total. The Labute approximate surface area is 99.7 Å². The molecule has 1 heterocycles. The third kappa shape index (κ3) is 4.81. The summed E-state index contributed by atoms with van der Waals surface area (Å²) in [7, 11) is 0. The number of hydrogen-bond acceptors (Lipinski definition) is 3. The van der Waals surface area contributed by atoms with Crippen LogP contribution < -0.4 is 5.73 Å². The lowest BCUT2D eigenvalue weighted by Gasteiger charge is -2.26. The van der Waals surface area contributed by atoms with Gasteiger partial charge in [-0.3, -0.25) is 0 Å². The molecule has 0 aromatic carbocycles. The largest absolute Gasteiger partial charge is 0.380 e. The van der Waals surface area contributed by atoms with Crippen LogP contribution in [-0.4, -0.2) is 31.5 Å². The first kappa shape index (κ1) is 13.9. The Morgan fingerprint density at radius 1 is 1.38 bits per heavy atom. The van der Waals surface area contributed by atoms with E-state index in [9.17, 15) is 0 Å². The van der Waals surface area contributed by atoms with Crippen LogP contribution >= 0.6 is 0 Å². The van der Waals surface area contributed by atoms with E-state index in [0.717, 1.165) is 38.9 Å². The number of ether oxygens (including phenoxy) is 2. The minimum absolute atomic E-state index is 0.121. The molecule has 0 aromatic heterocycles. The van der Waals surface area contributed by atoms with E-state index in [4.69, 9.17) is 15.2 Å². The molecule has 1 fully saturated rings. The Morgan fingerprint density at radius 2 is 2.12 bits per heavy atom. The fraction of sp³-hybridized carbons (Fsp3) is 1.00. The fourth-order valence-electron chi connectivity index (χ4n) is 2.01. The van der Waals surface area contributed by atoms with Crippen LogP contribution in [0.4, 0.5) is 0 Å². The van der Waals surface area contributed by atoms with E-state index in [1.165, 1.54) is 12.8 Å². The zero-order valence-electron chi connectivity index (χ0n) is 10.8. The molecular formula is C13H27NO2. The first-order chi connectivity index (χ1) is 7.70. The third-order valence-electron chi connectivity index (χ3n) is 3.64. The summed E-state index contributed by atoms with van der Waals surface area (Å²) >= 11 is 0. The van der Waals surface area contributed by atoms with Crippen LogP contribution in [0.15, 0.2) is 0 Å². The van der Waals surface area contributed by atoms with Gasteiger partial charge in [0, 0.05) is 18.8 Å². The number of nitrogens with two attached hydrogens (primary N) is 1. The zero-order valence-corrected chi connectivity index (χ0v) is 10.8. The van der Waals surface area contributed by atoms with Gasteiger partial charge in [-0.2, -0.15) is 0 Å². The molecule has 0 spiro atoms. The lowest BCUT2D eigenvalue weighted by molar-refractivity contribution is 0.0603. The molecule has 0 aliphatic carbocycles. The minimum Gasteiger partial charge on any atom is -0.380 e. The predicted octanol–water partition coefficient (Wildman–Crippen LogP) is 2.48. The minimum atomic E-state index is -0.121. The summed E-state index contributed by atoms with van der Waals surface area (Å²) in [4.78, 5) is 0. The monoisotopic (exact) mass is 229 g/mol. The van der Waals surface area contributed by atoms with Crippen LogP contribution in [0.3, 0.4) is 0 Å². The molecule has 1 rings (SSSR count). The topological polar surface area (TPSA) is 44.5 Å². The maximum Gasteiger partial charge on any atom is 0.0645 e. The Hall–Kier alpha value is -0.120. The van der Waals surface area contributed by atoms with Crippen LogP contribution in [0.5, 0.6) is 0 Å². The van der Waals surface area contributed by atoms with Crippen LogP contribution in [0.25, 0.3) is 0 Å².